The molecule has 3 aromatic heterocycles. The van der Waals surface area contributed by atoms with Gasteiger partial charge in [-0.15, -0.1) is 0 Å². The number of fused-ring (bicyclic) bond motifs is 2. The Morgan fingerprint density at radius 3 is 1.65 bits per heavy atom. The molecule has 0 fully saturated rings. The second-order valence-electron chi connectivity index (χ2n) is 12.9. The van der Waals surface area contributed by atoms with Crippen LogP contribution in [-0.2, 0) is 22.4 Å². The van der Waals surface area contributed by atoms with E-state index < -0.39 is 23.9 Å². The molecule has 0 spiro atoms. The highest BCUT2D eigenvalue weighted by Gasteiger charge is 2.20. The lowest BCUT2D eigenvalue weighted by atomic mass is 10.0. The first-order valence-electron chi connectivity index (χ1n) is 17.6. The van der Waals surface area contributed by atoms with E-state index in [2.05, 4.69) is 25.6 Å². The van der Waals surface area contributed by atoms with Crippen molar-refractivity contribution in [3.8, 4) is 11.3 Å². The Labute approximate surface area is 312 Å². The van der Waals surface area contributed by atoms with Crippen LogP contribution in [0, 0.1) is 0 Å². The summed E-state index contributed by atoms with van der Waals surface area (Å²) < 4.78 is 0. The quantitative estimate of drug-likeness (QED) is 0.0873. The Balaban J connectivity index is 0.000000189. The maximum Gasteiger partial charge on any atom is 0.251 e. The van der Waals surface area contributed by atoms with Crippen molar-refractivity contribution in [1.29, 1.82) is 0 Å². The summed E-state index contributed by atoms with van der Waals surface area (Å²) in [5.41, 5.74) is 18.0. The van der Waals surface area contributed by atoms with Crippen molar-refractivity contribution in [2.75, 3.05) is 0 Å². The molecule has 0 saturated heterocycles. The lowest BCUT2D eigenvalue weighted by molar-refractivity contribution is -0.120. The smallest absolute Gasteiger partial charge is 0.251 e. The SMILES string of the molecule is NC(=O)[C@H](CCc1ccccc1)NC(=O)c1ccc2[nH]c(-c3ccncc3)cc2c1.NC(=O)[C@H](CCc1ccccc1)NC(=O)c1ccc2[nH]ccc2c1. The van der Waals surface area contributed by atoms with Crippen molar-refractivity contribution in [3.63, 3.8) is 0 Å². The number of primary amides is 2. The third-order valence-corrected chi connectivity index (χ3v) is 9.12. The van der Waals surface area contributed by atoms with E-state index in [1.54, 1.807) is 36.7 Å². The van der Waals surface area contributed by atoms with Gasteiger partial charge in [0, 0.05) is 62.8 Å². The number of aromatic amines is 2. The summed E-state index contributed by atoms with van der Waals surface area (Å²) in [7, 11) is 0. The molecule has 272 valence electrons. The second kappa shape index (κ2) is 17.5. The number of nitrogens with two attached hydrogens (primary N) is 2. The van der Waals surface area contributed by atoms with E-state index in [0.717, 1.165) is 44.2 Å². The van der Waals surface area contributed by atoms with Gasteiger partial charge in [0.15, 0.2) is 0 Å². The van der Waals surface area contributed by atoms with Crippen LogP contribution < -0.4 is 22.1 Å². The summed E-state index contributed by atoms with van der Waals surface area (Å²) in [4.78, 5) is 59.1. The van der Waals surface area contributed by atoms with Gasteiger partial charge in [-0.3, -0.25) is 24.2 Å². The van der Waals surface area contributed by atoms with Crippen LogP contribution >= 0.6 is 0 Å². The van der Waals surface area contributed by atoms with E-state index in [1.807, 2.05) is 103 Å². The fourth-order valence-corrected chi connectivity index (χ4v) is 6.12. The molecule has 54 heavy (non-hydrogen) atoms. The van der Waals surface area contributed by atoms with Crippen LogP contribution in [-0.4, -0.2) is 50.7 Å². The highest BCUT2D eigenvalue weighted by molar-refractivity contribution is 6.01. The highest BCUT2D eigenvalue weighted by Crippen LogP contribution is 2.24. The monoisotopic (exact) mass is 719 g/mol. The maximum atomic E-state index is 12.8. The second-order valence-corrected chi connectivity index (χ2v) is 12.9. The zero-order chi connectivity index (χ0) is 37.9. The Hall–Kier alpha value is -7.01. The number of hydrogen-bond acceptors (Lipinski definition) is 5. The predicted octanol–water partition coefficient (Wildman–Crippen LogP) is 5.83. The van der Waals surface area contributed by atoms with Crippen LogP contribution in [0.1, 0.15) is 44.7 Å². The zero-order valence-electron chi connectivity index (χ0n) is 29.5. The number of benzene rings is 4. The highest BCUT2D eigenvalue weighted by atomic mass is 16.2. The molecule has 3 heterocycles. The van der Waals surface area contributed by atoms with E-state index >= 15 is 0 Å². The molecule has 7 rings (SSSR count). The molecule has 4 aromatic carbocycles. The summed E-state index contributed by atoms with van der Waals surface area (Å²) >= 11 is 0. The average molecular weight is 720 g/mol. The third kappa shape index (κ3) is 9.65. The Bertz CT molecular complexity index is 2360. The van der Waals surface area contributed by atoms with Crippen LogP contribution in [0.2, 0.25) is 0 Å². The number of H-pyrrole nitrogens is 2. The number of rotatable bonds is 13. The standard InChI is InChI=1S/C24H22N4O2.C19H19N3O2/c25-23(29)21(8-6-16-4-2-1-3-5-16)28-24(30)18-7-9-20-19(14-18)15-22(27-20)17-10-12-26-13-11-17;20-18(23)17(8-6-13-4-2-1-3-5-13)22-19(24)15-7-9-16-14(12-15)10-11-21-16/h1-5,7,9-15,21,27H,6,8H2,(H2,25,29)(H,28,30);1-5,7,9-12,17,21H,6,8H2,(H2,20,23)(H,22,24)/t21-;17-/m00/s1. The number of aryl methyl sites for hydroxylation is 2. The molecular formula is C43H41N7O4. The maximum absolute atomic E-state index is 12.8. The van der Waals surface area contributed by atoms with Crippen molar-refractivity contribution < 1.29 is 19.2 Å². The molecule has 2 atom stereocenters. The molecular weight excluding hydrogens is 679 g/mol. The van der Waals surface area contributed by atoms with Crippen molar-refractivity contribution in [1.82, 2.24) is 25.6 Å². The van der Waals surface area contributed by atoms with E-state index in [4.69, 9.17) is 11.5 Å². The van der Waals surface area contributed by atoms with E-state index in [-0.39, 0.29) is 11.8 Å². The first-order valence-corrected chi connectivity index (χ1v) is 17.6. The molecule has 8 N–H and O–H groups in total. The number of hydrogen-bond donors (Lipinski definition) is 6. The minimum Gasteiger partial charge on any atom is -0.368 e. The number of pyridine rings is 1. The lowest BCUT2D eigenvalue weighted by Gasteiger charge is -2.15. The largest absolute Gasteiger partial charge is 0.368 e. The van der Waals surface area contributed by atoms with Gasteiger partial charge in [0.25, 0.3) is 11.8 Å². The molecule has 0 aliphatic rings. The van der Waals surface area contributed by atoms with Crippen LogP contribution in [0.4, 0.5) is 0 Å². The Morgan fingerprint density at radius 2 is 1.11 bits per heavy atom. The van der Waals surface area contributed by atoms with Crippen molar-refractivity contribution in [2.45, 2.75) is 37.8 Å². The van der Waals surface area contributed by atoms with E-state index in [9.17, 15) is 19.2 Å². The topological polar surface area (TPSA) is 189 Å². The fourth-order valence-electron chi connectivity index (χ4n) is 6.12. The van der Waals surface area contributed by atoms with Gasteiger partial charge in [-0.1, -0.05) is 60.7 Å². The molecule has 4 amide bonds. The normalized spacial score (nSPS) is 11.9. The van der Waals surface area contributed by atoms with Gasteiger partial charge in [0.1, 0.15) is 12.1 Å². The van der Waals surface area contributed by atoms with Crippen LogP contribution in [0.3, 0.4) is 0 Å². The summed E-state index contributed by atoms with van der Waals surface area (Å²) in [6.45, 7) is 0. The number of amides is 4. The van der Waals surface area contributed by atoms with Crippen LogP contribution in [0.25, 0.3) is 33.1 Å². The number of nitrogens with zero attached hydrogens (tertiary/aromatic N) is 1. The Morgan fingerprint density at radius 1 is 0.593 bits per heavy atom. The third-order valence-electron chi connectivity index (χ3n) is 9.12. The van der Waals surface area contributed by atoms with Gasteiger partial charge >= 0.3 is 0 Å². The minimum absolute atomic E-state index is 0.296. The average Bonchev–Trinajstić information content (AvgIpc) is 3.86. The van der Waals surface area contributed by atoms with Crippen molar-refractivity contribution in [3.05, 3.63) is 162 Å². The molecule has 7 aromatic rings. The van der Waals surface area contributed by atoms with Gasteiger partial charge in [0.05, 0.1) is 0 Å². The number of carbonyl (C=O) groups is 4. The lowest BCUT2D eigenvalue weighted by Crippen LogP contribution is -2.44. The van der Waals surface area contributed by atoms with Gasteiger partial charge < -0.3 is 32.1 Å². The fraction of sp³-hybridized carbons (Fsp3) is 0.140. The molecule has 0 radical (unpaired) electrons. The van der Waals surface area contributed by atoms with Gasteiger partial charge in [-0.25, -0.2) is 0 Å². The minimum atomic E-state index is -0.730. The number of carbonyl (C=O) groups excluding carboxylic acids is 4. The van der Waals surface area contributed by atoms with E-state index in [1.165, 1.54) is 0 Å². The predicted molar refractivity (Wildman–Crippen MR) is 210 cm³/mol. The number of aromatic nitrogens is 3. The van der Waals surface area contributed by atoms with E-state index in [0.29, 0.717) is 36.8 Å². The van der Waals surface area contributed by atoms with Crippen molar-refractivity contribution >= 4 is 45.4 Å². The van der Waals surface area contributed by atoms with Crippen molar-refractivity contribution in [2.24, 2.45) is 11.5 Å². The number of nitrogens with one attached hydrogen (secondary N) is 4. The summed E-state index contributed by atoms with van der Waals surface area (Å²) in [6, 6.07) is 36.7. The summed E-state index contributed by atoms with van der Waals surface area (Å²) in [6.07, 6.45) is 7.53. The molecule has 0 unspecified atom stereocenters. The Kier molecular flexibility index (Phi) is 11.9. The first kappa shape index (κ1) is 36.8. The molecule has 0 aliphatic carbocycles. The van der Waals surface area contributed by atoms with Gasteiger partial charge in [0.2, 0.25) is 11.8 Å². The first-order chi connectivity index (χ1) is 26.2. The molecule has 0 bridgehead atoms. The summed E-state index contributed by atoms with van der Waals surface area (Å²) in [5.74, 6) is -1.68. The molecule has 11 heteroatoms. The van der Waals surface area contributed by atoms with Crippen LogP contribution in [0.5, 0.6) is 0 Å². The zero-order valence-corrected chi connectivity index (χ0v) is 29.5. The molecule has 0 saturated carbocycles. The molecule has 0 aliphatic heterocycles. The van der Waals surface area contributed by atoms with Crippen LogP contribution in [0.15, 0.2) is 140 Å². The summed E-state index contributed by atoms with van der Waals surface area (Å²) in [5, 5.41) is 7.37. The van der Waals surface area contributed by atoms with Gasteiger partial charge in [-0.2, -0.15) is 0 Å². The van der Waals surface area contributed by atoms with Gasteiger partial charge in [-0.05, 0) is 97.5 Å². The molecule has 11 nitrogen and oxygen atoms in total.